The van der Waals surface area contributed by atoms with E-state index in [-0.39, 0.29) is 11.8 Å². The van der Waals surface area contributed by atoms with Gasteiger partial charge in [-0.25, -0.2) is 0 Å². The lowest BCUT2D eigenvalue weighted by Gasteiger charge is -2.25. The van der Waals surface area contributed by atoms with E-state index in [0.29, 0.717) is 5.92 Å². The smallest absolute Gasteiger partial charge is 0.230 e. The summed E-state index contributed by atoms with van der Waals surface area (Å²) in [5.74, 6) is 0.696. The highest BCUT2D eigenvalue weighted by Gasteiger charge is 2.30. The van der Waals surface area contributed by atoms with Crippen molar-refractivity contribution in [3.8, 4) is 0 Å². The maximum Gasteiger partial charge on any atom is 0.230 e. The predicted molar refractivity (Wildman–Crippen MR) is 67.8 cm³/mol. The van der Waals surface area contributed by atoms with E-state index in [1.165, 1.54) is 0 Å². The molecule has 1 saturated heterocycles. The molecule has 1 fully saturated rings. The zero-order chi connectivity index (χ0) is 12.0. The van der Waals surface area contributed by atoms with Gasteiger partial charge in [0.15, 0.2) is 0 Å². The number of allylic oxidation sites excluding steroid dienone is 1. The molecule has 2 atom stereocenters. The molecule has 0 aromatic carbocycles. The highest BCUT2D eigenvalue weighted by Crippen LogP contribution is 2.28. The maximum atomic E-state index is 12.3. The molecule has 1 heterocycles. The van der Waals surface area contributed by atoms with Gasteiger partial charge in [-0.1, -0.05) is 32.4 Å². The molecule has 0 spiro atoms. The van der Waals surface area contributed by atoms with E-state index < -0.39 is 0 Å². The fourth-order valence-electron chi connectivity index (χ4n) is 2.49. The Bertz CT molecular complexity index is 259. The molecule has 2 unspecified atom stereocenters. The lowest BCUT2D eigenvalue weighted by Crippen LogP contribution is -2.33. The topological polar surface area (TPSA) is 20.3 Å². The van der Waals surface area contributed by atoms with Crippen molar-refractivity contribution >= 4 is 5.91 Å². The van der Waals surface area contributed by atoms with Crippen molar-refractivity contribution in [3.63, 3.8) is 0 Å². The highest BCUT2D eigenvalue weighted by atomic mass is 16.2. The fourth-order valence-corrected chi connectivity index (χ4v) is 2.49. The van der Waals surface area contributed by atoms with Gasteiger partial charge in [0.2, 0.25) is 5.91 Å². The zero-order valence-electron chi connectivity index (χ0n) is 10.3. The van der Waals surface area contributed by atoms with Crippen LogP contribution in [-0.4, -0.2) is 17.4 Å². The quantitative estimate of drug-likeness (QED) is 0.652. The molecule has 0 N–H and O–H groups in total. The third-order valence-corrected chi connectivity index (χ3v) is 3.43. The summed E-state index contributed by atoms with van der Waals surface area (Å²) in [7, 11) is 0. The second-order valence-electron chi connectivity index (χ2n) is 4.50. The first-order valence-corrected chi connectivity index (χ1v) is 6.30. The molecule has 0 radical (unpaired) electrons. The first-order chi connectivity index (χ1) is 7.74. The Kier molecular flexibility index (Phi) is 5.30. The van der Waals surface area contributed by atoms with Crippen LogP contribution in [0.1, 0.15) is 39.0 Å². The standard InChI is InChI=1S/C14H23NO/c1-4-9-12(5-2)13-10-7-8-11-15(6-3)14(13)16/h5-6,12-13H,2-4,7-11H2,1H3. The van der Waals surface area contributed by atoms with Crippen LogP contribution in [0.5, 0.6) is 0 Å². The highest BCUT2D eigenvalue weighted by molar-refractivity contribution is 5.80. The first kappa shape index (κ1) is 13.0. The number of amides is 1. The summed E-state index contributed by atoms with van der Waals surface area (Å²) >= 11 is 0. The Balaban J connectivity index is 2.78. The lowest BCUT2D eigenvalue weighted by atomic mass is 9.85. The Labute approximate surface area is 99.0 Å². The van der Waals surface area contributed by atoms with Gasteiger partial charge in [-0.2, -0.15) is 0 Å². The lowest BCUT2D eigenvalue weighted by molar-refractivity contribution is -0.133. The number of nitrogens with zero attached hydrogens (tertiary/aromatic N) is 1. The van der Waals surface area contributed by atoms with Crippen molar-refractivity contribution in [2.45, 2.75) is 39.0 Å². The van der Waals surface area contributed by atoms with E-state index in [9.17, 15) is 4.79 Å². The fraction of sp³-hybridized carbons (Fsp3) is 0.643. The Hall–Kier alpha value is -1.05. The molecule has 0 bridgehead atoms. The normalized spacial score (nSPS) is 23.7. The molecule has 0 saturated carbocycles. The summed E-state index contributed by atoms with van der Waals surface area (Å²) in [6, 6.07) is 0. The third-order valence-electron chi connectivity index (χ3n) is 3.43. The van der Waals surface area contributed by atoms with E-state index >= 15 is 0 Å². The van der Waals surface area contributed by atoms with Gasteiger partial charge in [0.05, 0.1) is 0 Å². The molecular formula is C14H23NO. The largest absolute Gasteiger partial charge is 0.319 e. The average Bonchev–Trinajstić information content (AvgIpc) is 2.48. The van der Waals surface area contributed by atoms with Crippen LogP contribution in [0.4, 0.5) is 0 Å². The van der Waals surface area contributed by atoms with Crippen molar-refractivity contribution in [2.75, 3.05) is 6.54 Å². The van der Waals surface area contributed by atoms with Crippen molar-refractivity contribution in [1.29, 1.82) is 0 Å². The Morgan fingerprint density at radius 3 is 2.81 bits per heavy atom. The monoisotopic (exact) mass is 221 g/mol. The van der Waals surface area contributed by atoms with Gasteiger partial charge in [-0.15, -0.1) is 6.58 Å². The molecule has 0 aromatic heterocycles. The molecule has 2 heteroatoms. The van der Waals surface area contributed by atoms with Gasteiger partial charge >= 0.3 is 0 Å². The van der Waals surface area contributed by atoms with E-state index in [2.05, 4.69) is 20.1 Å². The van der Waals surface area contributed by atoms with Crippen LogP contribution in [0.2, 0.25) is 0 Å². The van der Waals surface area contributed by atoms with Gasteiger partial charge in [0.1, 0.15) is 0 Å². The molecule has 0 aliphatic carbocycles. The summed E-state index contributed by atoms with van der Waals surface area (Å²) in [4.78, 5) is 14.0. The molecule has 16 heavy (non-hydrogen) atoms. The van der Waals surface area contributed by atoms with Gasteiger partial charge in [-0.3, -0.25) is 4.79 Å². The summed E-state index contributed by atoms with van der Waals surface area (Å²) in [5, 5.41) is 0. The number of carbonyl (C=O) groups excluding carboxylic acids is 1. The average molecular weight is 221 g/mol. The van der Waals surface area contributed by atoms with Crippen LogP contribution in [0.3, 0.4) is 0 Å². The number of likely N-dealkylation sites (tertiary alicyclic amines) is 1. The molecule has 90 valence electrons. The van der Waals surface area contributed by atoms with Crippen molar-refractivity contribution in [1.82, 2.24) is 4.90 Å². The van der Waals surface area contributed by atoms with Gasteiger partial charge in [0.25, 0.3) is 0 Å². The van der Waals surface area contributed by atoms with E-state index in [0.717, 1.165) is 38.6 Å². The van der Waals surface area contributed by atoms with Crippen LogP contribution in [0.25, 0.3) is 0 Å². The molecule has 1 rings (SSSR count). The van der Waals surface area contributed by atoms with Crippen LogP contribution in [0.15, 0.2) is 25.4 Å². The van der Waals surface area contributed by atoms with Crippen molar-refractivity contribution in [3.05, 3.63) is 25.4 Å². The molecule has 1 aliphatic heterocycles. The zero-order valence-corrected chi connectivity index (χ0v) is 10.3. The van der Waals surface area contributed by atoms with Crippen molar-refractivity contribution < 1.29 is 4.79 Å². The number of rotatable bonds is 5. The minimum absolute atomic E-state index is 0.123. The molecular weight excluding hydrogens is 198 g/mol. The summed E-state index contributed by atoms with van der Waals surface area (Å²) in [6.07, 6.45) is 9.02. The van der Waals surface area contributed by atoms with Gasteiger partial charge in [0, 0.05) is 12.5 Å². The van der Waals surface area contributed by atoms with Crippen LogP contribution in [0, 0.1) is 11.8 Å². The summed E-state index contributed by atoms with van der Waals surface area (Å²) < 4.78 is 0. The van der Waals surface area contributed by atoms with Crippen LogP contribution in [-0.2, 0) is 4.79 Å². The first-order valence-electron chi connectivity index (χ1n) is 6.30. The third kappa shape index (κ3) is 2.97. The number of carbonyl (C=O) groups is 1. The minimum Gasteiger partial charge on any atom is -0.319 e. The number of hydrogen-bond acceptors (Lipinski definition) is 1. The van der Waals surface area contributed by atoms with Crippen LogP contribution >= 0.6 is 0 Å². The summed E-state index contributed by atoms with van der Waals surface area (Å²) in [5.41, 5.74) is 0. The predicted octanol–water partition coefficient (Wildman–Crippen LogP) is 3.36. The van der Waals surface area contributed by atoms with Crippen molar-refractivity contribution in [2.24, 2.45) is 11.8 Å². The van der Waals surface area contributed by atoms with Crippen LogP contribution < -0.4 is 0 Å². The second-order valence-corrected chi connectivity index (χ2v) is 4.50. The Morgan fingerprint density at radius 1 is 1.50 bits per heavy atom. The molecule has 1 amide bonds. The van der Waals surface area contributed by atoms with Gasteiger partial charge < -0.3 is 4.90 Å². The van der Waals surface area contributed by atoms with E-state index in [1.54, 1.807) is 11.1 Å². The maximum absolute atomic E-state index is 12.3. The summed E-state index contributed by atoms with van der Waals surface area (Å²) in [6.45, 7) is 10.6. The number of hydrogen-bond donors (Lipinski definition) is 0. The van der Waals surface area contributed by atoms with E-state index in [1.807, 2.05) is 6.08 Å². The molecule has 1 aliphatic rings. The van der Waals surface area contributed by atoms with E-state index in [4.69, 9.17) is 0 Å². The Morgan fingerprint density at radius 2 is 2.25 bits per heavy atom. The molecule has 0 aromatic rings. The molecule has 2 nitrogen and oxygen atoms in total. The van der Waals surface area contributed by atoms with Gasteiger partial charge in [-0.05, 0) is 31.4 Å². The SMILES string of the molecule is C=CC(CCC)C1CCCCN(C=C)C1=O. The minimum atomic E-state index is 0.123. The second kappa shape index (κ2) is 6.51.